The van der Waals surface area contributed by atoms with Gasteiger partial charge in [-0.15, -0.1) is 0 Å². The molecular formula is C14H26N2O. The highest BCUT2D eigenvalue weighted by atomic mass is 16.5. The molecule has 0 amide bonds. The van der Waals surface area contributed by atoms with E-state index in [1.165, 1.54) is 5.56 Å². The molecule has 98 valence electrons. The topological polar surface area (TPSA) is 40.2 Å². The zero-order valence-electron chi connectivity index (χ0n) is 11.4. The van der Waals surface area contributed by atoms with Crippen LogP contribution in [0.15, 0.2) is 18.5 Å². The summed E-state index contributed by atoms with van der Waals surface area (Å²) in [7, 11) is 0. The maximum atomic E-state index is 5.94. The summed E-state index contributed by atoms with van der Waals surface area (Å²) in [4.78, 5) is 0. The van der Waals surface area contributed by atoms with E-state index in [-0.39, 0.29) is 6.04 Å². The Labute approximate surface area is 105 Å². The molecule has 0 fully saturated rings. The Hall–Kier alpha value is -0.800. The van der Waals surface area contributed by atoms with Gasteiger partial charge in [-0.1, -0.05) is 20.8 Å². The van der Waals surface area contributed by atoms with Crippen LogP contribution in [0.1, 0.15) is 32.8 Å². The molecule has 0 aliphatic heterocycles. The van der Waals surface area contributed by atoms with Gasteiger partial charge >= 0.3 is 0 Å². The Kier molecular flexibility index (Phi) is 6.30. The molecule has 0 bridgehead atoms. The van der Waals surface area contributed by atoms with Crippen LogP contribution in [0.5, 0.6) is 0 Å². The molecule has 1 aromatic rings. The SMILES string of the molecule is CCC(N)Cc1ccn(CCOCC(C)C)c1. The minimum Gasteiger partial charge on any atom is -0.379 e. The van der Waals surface area contributed by atoms with Gasteiger partial charge in [0.05, 0.1) is 6.61 Å². The molecule has 1 atom stereocenters. The Morgan fingerprint density at radius 1 is 1.41 bits per heavy atom. The fourth-order valence-corrected chi connectivity index (χ4v) is 1.69. The lowest BCUT2D eigenvalue weighted by atomic mass is 10.1. The minimum atomic E-state index is 0.281. The largest absolute Gasteiger partial charge is 0.379 e. The van der Waals surface area contributed by atoms with Crippen molar-refractivity contribution in [3.05, 3.63) is 24.0 Å². The third-order valence-electron chi connectivity index (χ3n) is 2.78. The summed E-state index contributed by atoms with van der Waals surface area (Å²) >= 11 is 0. The van der Waals surface area contributed by atoms with Crippen LogP contribution in [0.2, 0.25) is 0 Å². The molecule has 1 aromatic heterocycles. The van der Waals surface area contributed by atoms with Gasteiger partial charge < -0.3 is 15.0 Å². The summed E-state index contributed by atoms with van der Waals surface area (Å²) in [5, 5.41) is 0. The second-order valence-corrected chi connectivity index (χ2v) is 5.10. The van der Waals surface area contributed by atoms with Crippen LogP contribution in [-0.4, -0.2) is 23.8 Å². The van der Waals surface area contributed by atoms with E-state index in [2.05, 4.69) is 43.8 Å². The second-order valence-electron chi connectivity index (χ2n) is 5.10. The molecule has 0 saturated carbocycles. The zero-order valence-corrected chi connectivity index (χ0v) is 11.4. The fraction of sp³-hybridized carbons (Fsp3) is 0.714. The van der Waals surface area contributed by atoms with Gasteiger partial charge in [0.1, 0.15) is 0 Å². The van der Waals surface area contributed by atoms with Gasteiger partial charge in [-0.3, -0.25) is 0 Å². The predicted molar refractivity (Wildman–Crippen MR) is 72.1 cm³/mol. The third kappa shape index (κ3) is 5.89. The van der Waals surface area contributed by atoms with Gasteiger partial charge in [-0.05, 0) is 30.4 Å². The van der Waals surface area contributed by atoms with E-state index in [0.29, 0.717) is 5.92 Å². The van der Waals surface area contributed by atoms with Crippen molar-refractivity contribution in [2.45, 2.75) is 46.2 Å². The lowest BCUT2D eigenvalue weighted by Gasteiger charge is -2.08. The van der Waals surface area contributed by atoms with Crippen molar-refractivity contribution in [1.29, 1.82) is 0 Å². The average molecular weight is 238 g/mol. The summed E-state index contributed by atoms with van der Waals surface area (Å²) in [6.45, 7) is 9.01. The maximum absolute atomic E-state index is 5.94. The minimum absolute atomic E-state index is 0.281. The van der Waals surface area contributed by atoms with Crippen molar-refractivity contribution in [1.82, 2.24) is 4.57 Å². The predicted octanol–water partition coefficient (Wildman–Crippen LogP) is 2.44. The normalized spacial score (nSPS) is 13.2. The molecule has 0 spiro atoms. The Balaban J connectivity index is 2.26. The molecule has 1 rings (SSSR count). The first-order valence-corrected chi connectivity index (χ1v) is 6.59. The Bertz CT molecular complexity index is 307. The van der Waals surface area contributed by atoms with Gasteiger partial charge in [-0.25, -0.2) is 0 Å². The summed E-state index contributed by atoms with van der Waals surface area (Å²) in [6, 6.07) is 2.43. The van der Waals surface area contributed by atoms with Gasteiger partial charge in [-0.2, -0.15) is 0 Å². The van der Waals surface area contributed by atoms with Crippen LogP contribution in [-0.2, 0) is 17.7 Å². The molecule has 0 aromatic carbocycles. The van der Waals surface area contributed by atoms with E-state index in [9.17, 15) is 0 Å². The summed E-state index contributed by atoms with van der Waals surface area (Å²) < 4.78 is 7.74. The van der Waals surface area contributed by atoms with Crippen molar-refractivity contribution in [3.8, 4) is 0 Å². The molecule has 0 aliphatic carbocycles. The Morgan fingerprint density at radius 2 is 2.18 bits per heavy atom. The van der Waals surface area contributed by atoms with Crippen LogP contribution in [0, 0.1) is 5.92 Å². The first-order chi connectivity index (χ1) is 8.11. The standard InChI is InChI=1S/C14H26N2O/c1-4-14(15)9-13-5-6-16(10-13)7-8-17-11-12(2)3/h5-6,10,12,14H,4,7-9,11,15H2,1-3H3. The average Bonchev–Trinajstić information content (AvgIpc) is 2.72. The number of hydrogen-bond acceptors (Lipinski definition) is 2. The van der Waals surface area contributed by atoms with Crippen LogP contribution in [0.25, 0.3) is 0 Å². The molecule has 0 radical (unpaired) electrons. The fourth-order valence-electron chi connectivity index (χ4n) is 1.69. The quantitative estimate of drug-likeness (QED) is 0.707. The zero-order chi connectivity index (χ0) is 12.7. The summed E-state index contributed by atoms with van der Waals surface area (Å²) in [5.41, 5.74) is 7.26. The lowest BCUT2D eigenvalue weighted by Crippen LogP contribution is -2.21. The first-order valence-electron chi connectivity index (χ1n) is 6.59. The van der Waals surface area contributed by atoms with E-state index in [1.54, 1.807) is 0 Å². The van der Waals surface area contributed by atoms with Crippen molar-refractivity contribution >= 4 is 0 Å². The molecular weight excluding hydrogens is 212 g/mol. The third-order valence-corrected chi connectivity index (χ3v) is 2.78. The van der Waals surface area contributed by atoms with Crippen LogP contribution in [0.4, 0.5) is 0 Å². The van der Waals surface area contributed by atoms with Gasteiger partial charge in [0.25, 0.3) is 0 Å². The highest BCUT2D eigenvalue weighted by Crippen LogP contribution is 2.06. The number of hydrogen-bond donors (Lipinski definition) is 1. The first kappa shape index (κ1) is 14.3. The van der Waals surface area contributed by atoms with E-state index in [4.69, 9.17) is 10.5 Å². The van der Waals surface area contributed by atoms with Gasteiger partial charge in [0.2, 0.25) is 0 Å². The van der Waals surface area contributed by atoms with E-state index in [0.717, 1.165) is 32.6 Å². The second kappa shape index (κ2) is 7.51. The lowest BCUT2D eigenvalue weighted by molar-refractivity contribution is 0.103. The van der Waals surface area contributed by atoms with Crippen LogP contribution < -0.4 is 5.73 Å². The van der Waals surface area contributed by atoms with Crippen molar-refractivity contribution in [3.63, 3.8) is 0 Å². The van der Waals surface area contributed by atoms with E-state index in [1.807, 2.05) is 0 Å². The highest BCUT2D eigenvalue weighted by Gasteiger charge is 2.03. The summed E-state index contributed by atoms with van der Waals surface area (Å²) in [5.74, 6) is 0.609. The monoisotopic (exact) mass is 238 g/mol. The molecule has 0 saturated heterocycles. The van der Waals surface area contributed by atoms with Crippen LogP contribution >= 0.6 is 0 Å². The van der Waals surface area contributed by atoms with Crippen LogP contribution in [0.3, 0.4) is 0 Å². The molecule has 3 heteroatoms. The maximum Gasteiger partial charge on any atom is 0.0645 e. The highest BCUT2D eigenvalue weighted by molar-refractivity contribution is 5.11. The van der Waals surface area contributed by atoms with Crippen molar-refractivity contribution in [2.75, 3.05) is 13.2 Å². The Morgan fingerprint density at radius 3 is 2.82 bits per heavy atom. The number of rotatable bonds is 8. The molecule has 0 aliphatic rings. The van der Waals surface area contributed by atoms with E-state index < -0.39 is 0 Å². The van der Waals surface area contributed by atoms with Gasteiger partial charge in [0.15, 0.2) is 0 Å². The smallest absolute Gasteiger partial charge is 0.0645 e. The molecule has 2 N–H and O–H groups in total. The molecule has 3 nitrogen and oxygen atoms in total. The van der Waals surface area contributed by atoms with E-state index >= 15 is 0 Å². The number of nitrogens with zero attached hydrogens (tertiary/aromatic N) is 1. The van der Waals surface area contributed by atoms with Crippen molar-refractivity contribution < 1.29 is 4.74 Å². The molecule has 1 unspecified atom stereocenters. The number of aromatic nitrogens is 1. The number of nitrogens with two attached hydrogens (primary N) is 1. The molecule has 17 heavy (non-hydrogen) atoms. The number of ether oxygens (including phenoxy) is 1. The van der Waals surface area contributed by atoms with Gasteiger partial charge in [0, 0.05) is 31.6 Å². The molecule has 1 heterocycles. The van der Waals surface area contributed by atoms with Crippen molar-refractivity contribution in [2.24, 2.45) is 11.7 Å². The summed E-state index contributed by atoms with van der Waals surface area (Å²) in [6.07, 6.45) is 6.28.